The van der Waals surface area contributed by atoms with Crippen molar-refractivity contribution in [3.05, 3.63) is 28.3 Å². The number of nitrogens with zero attached hydrogens (tertiary/aromatic N) is 2. The van der Waals surface area contributed by atoms with Crippen molar-refractivity contribution in [2.45, 2.75) is 31.8 Å². The van der Waals surface area contributed by atoms with Crippen LogP contribution in [-0.2, 0) is 11.3 Å². The molecule has 0 aromatic carbocycles. The highest BCUT2D eigenvalue weighted by atomic mass is 16.5. The van der Waals surface area contributed by atoms with Crippen molar-refractivity contribution in [2.75, 3.05) is 13.7 Å². The first-order valence-electron chi connectivity index (χ1n) is 7.07. The maximum atomic E-state index is 12.3. The third kappa shape index (κ3) is 2.97. The molecule has 0 bridgehead atoms. The van der Waals surface area contributed by atoms with Crippen molar-refractivity contribution in [3.8, 4) is 11.3 Å². The lowest BCUT2D eigenvalue weighted by Gasteiger charge is -2.12. The molecule has 2 N–H and O–H groups in total. The van der Waals surface area contributed by atoms with Crippen LogP contribution in [0.5, 0.6) is 0 Å². The number of carbonyl (C=O) groups is 1. The number of aryl methyl sites for hydroxylation is 1. The first kappa shape index (κ1) is 13.8. The van der Waals surface area contributed by atoms with E-state index in [4.69, 9.17) is 4.74 Å². The smallest absolute Gasteiger partial charge is 0.275 e. The number of hydrogen-bond acceptors (Lipinski definition) is 4. The molecule has 0 unspecified atom stereocenters. The largest absolute Gasteiger partial charge is 0.385 e. The predicted octanol–water partition coefficient (Wildman–Crippen LogP) is 0.605. The van der Waals surface area contributed by atoms with Crippen LogP contribution in [-0.4, -0.2) is 40.4 Å². The highest BCUT2D eigenvalue weighted by Gasteiger charge is 2.27. The van der Waals surface area contributed by atoms with E-state index in [0.717, 1.165) is 19.3 Å². The summed E-state index contributed by atoms with van der Waals surface area (Å²) in [6.07, 6.45) is 6.31. The number of pyridine rings is 1. The number of H-pyrrole nitrogens is 1. The Hall–Kier alpha value is -2.15. The summed E-state index contributed by atoms with van der Waals surface area (Å²) in [5.74, 6) is -0.171. The summed E-state index contributed by atoms with van der Waals surface area (Å²) < 4.78 is 6.87. The zero-order valence-corrected chi connectivity index (χ0v) is 11.9. The molecule has 1 aliphatic carbocycles. The molecule has 1 saturated carbocycles. The summed E-state index contributed by atoms with van der Waals surface area (Å²) in [4.78, 5) is 24.1. The fraction of sp³-hybridized carbons (Fsp3) is 0.500. The summed E-state index contributed by atoms with van der Waals surface area (Å²) in [6, 6.07) is 0.264. The zero-order valence-electron chi connectivity index (χ0n) is 11.9. The van der Waals surface area contributed by atoms with E-state index in [-0.39, 0.29) is 17.5 Å². The van der Waals surface area contributed by atoms with Gasteiger partial charge in [0.2, 0.25) is 0 Å². The van der Waals surface area contributed by atoms with Gasteiger partial charge < -0.3 is 14.6 Å². The van der Waals surface area contributed by atoms with E-state index in [0.29, 0.717) is 30.0 Å². The number of aromatic nitrogens is 3. The van der Waals surface area contributed by atoms with Crippen molar-refractivity contribution in [1.82, 2.24) is 20.1 Å². The van der Waals surface area contributed by atoms with Crippen molar-refractivity contribution >= 4 is 5.91 Å². The molecule has 21 heavy (non-hydrogen) atoms. The van der Waals surface area contributed by atoms with Gasteiger partial charge >= 0.3 is 0 Å². The first-order valence-corrected chi connectivity index (χ1v) is 7.07. The van der Waals surface area contributed by atoms with Crippen molar-refractivity contribution in [2.24, 2.45) is 0 Å². The van der Waals surface area contributed by atoms with E-state index in [2.05, 4.69) is 15.5 Å². The minimum atomic E-state index is -0.272. The number of nitrogens with one attached hydrogen (secondary N) is 2. The molecule has 0 saturated heterocycles. The lowest BCUT2D eigenvalue weighted by molar-refractivity contribution is 0.0950. The minimum absolute atomic E-state index is 0.171. The van der Waals surface area contributed by atoms with Crippen LogP contribution in [0.3, 0.4) is 0 Å². The van der Waals surface area contributed by atoms with Crippen LogP contribution in [0.25, 0.3) is 11.3 Å². The number of carbonyl (C=O) groups excluding carboxylic acids is 1. The summed E-state index contributed by atoms with van der Waals surface area (Å²) in [6.45, 7) is 1.31. The van der Waals surface area contributed by atoms with Gasteiger partial charge in [0.15, 0.2) is 0 Å². The molecule has 0 aromatic heterocycles. The molecule has 2 heterocycles. The van der Waals surface area contributed by atoms with Crippen LogP contribution in [0, 0.1) is 0 Å². The number of rotatable bonds is 6. The maximum absolute atomic E-state index is 12.3. The van der Waals surface area contributed by atoms with Crippen LogP contribution >= 0.6 is 0 Å². The van der Waals surface area contributed by atoms with Crippen LogP contribution in [0.4, 0.5) is 0 Å². The molecular weight excluding hydrogens is 272 g/mol. The lowest BCUT2D eigenvalue weighted by atomic mass is 10.1. The monoisotopic (exact) mass is 290 g/mol. The zero-order chi connectivity index (χ0) is 14.8. The van der Waals surface area contributed by atoms with Gasteiger partial charge in [-0.1, -0.05) is 0 Å². The average Bonchev–Trinajstić information content (AvgIpc) is 3.21. The van der Waals surface area contributed by atoms with Crippen molar-refractivity contribution in [3.63, 3.8) is 0 Å². The predicted molar refractivity (Wildman–Crippen MR) is 76.5 cm³/mol. The Morgan fingerprint density at radius 2 is 2.33 bits per heavy atom. The van der Waals surface area contributed by atoms with Crippen molar-refractivity contribution in [1.29, 1.82) is 0 Å². The average molecular weight is 290 g/mol. The van der Waals surface area contributed by atoms with Gasteiger partial charge in [0, 0.05) is 38.7 Å². The van der Waals surface area contributed by atoms with Gasteiger partial charge in [0.1, 0.15) is 5.69 Å². The van der Waals surface area contributed by atoms with E-state index < -0.39 is 0 Å². The van der Waals surface area contributed by atoms with E-state index in [9.17, 15) is 9.59 Å². The fourth-order valence-electron chi connectivity index (χ4n) is 2.27. The molecule has 1 fully saturated rings. The van der Waals surface area contributed by atoms with Gasteiger partial charge in [0.05, 0.1) is 11.1 Å². The van der Waals surface area contributed by atoms with E-state index in [1.165, 1.54) is 0 Å². The van der Waals surface area contributed by atoms with Gasteiger partial charge in [0.25, 0.3) is 11.5 Å². The Morgan fingerprint density at radius 1 is 1.52 bits per heavy atom. The third-order valence-electron chi connectivity index (χ3n) is 3.54. The number of hydrogen-bond donors (Lipinski definition) is 2. The number of methoxy groups -OCH3 is 1. The van der Waals surface area contributed by atoms with Gasteiger partial charge in [-0.25, -0.2) is 5.10 Å². The summed E-state index contributed by atoms with van der Waals surface area (Å²) in [7, 11) is 1.65. The SMILES string of the molecule is COCCCn1cc(C(=O)NC2CC2)c2n[nH]c(=O)c-2c1. The molecule has 0 spiro atoms. The lowest BCUT2D eigenvalue weighted by Crippen LogP contribution is -2.27. The number of amides is 1. The second-order valence-corrected chi connectivity index (χ2v) is 5.32. The maximum Gasteiger partial charge on any atom is 0.275 e. The second-order valence-electron chi connectivity index (χ2n) is 5.32. The highest BCUT2D eigenvalue weighted by molar-refractivity contribution is 6.00. The molecule has 0 aromatic rings. The topological polar surface area (TPSA) is 89.0 Å². The second kappa shape index (κ2) is 5.69. The molecule has 7 nitrogen and oxygen atoms in total. The normalized spacial score (nSPS) is 14.5. The summed E-state index contributed by atoms with van der Waals surface area (Å²) >= 11 is 0. The quantitative estimate of drug-likeness (QED) is 0.763. The number of aromatic amines is 1. The Kier molecular flexibility index (Phi) is 3.74. The van der Waals surface area contributed by atoms with Gasteiger partial charge in [-0.05, 0) is 19.3 Å². The van der Waals surface area contributed by atoms with Gasteiger partial charge in [-0.15, -0.1) is 0 Å². The molecule has 1 amide bonds. The van der Waals surface area contributed by atoms with Crippen LogP contribution in [0.2, 0.25) is 0 Å². The Labute approximate surface area is 121 Å². The standard InChI is InChI=1S/C14H18N4O3/c1-21-6-2-5-18-7-10(13(19)15-9-3-4-9)12-11(8-18)14(20)17-16-12/h7-9H,2-6H2,1H3,(H,15,19)(H,17,20). The van der Waals surface area contributed by atoms with Gasteiger partial charge in [-0.2, -0.15) is 5.10 Å². The molecule has 0 atom stereocenters. The number of fused-ring (bicyclic) bond motifs is 1. The van der Waals surface area contributed by atoms with Gasteiger partial charge in [-0.3, -0.25) is 9.59 Å². The highest BCUT2D eigenvalue weighted by Crippen LogP contribution is 2.23. The minimum Gasteiger partial charge on any atom is -0.385 e. The van der Waals surface area contributed by atoms with E-state index in [1.807, 2.05) is 4.57 Å². The molecule has 3 aliphatic rings. The first-order chi connectivity index (χ1) is 10.2. The van der Waals surface area contributed by atoms with Crippen molar-refractivity contribution < 1.29 is 9.53 Å². The van der Waals surface area contributed by atoms with Crippen LogP contribution in [0.1, 0.15) is 29.6 Å². The molecular formula is C14H18N4O3. The molecule has 0 radical (unpaired) electrons. The molecule has 7 heteroatoms. The Morgan fingerprint density at radius 3 is 3.05 bits per heavy atom. The van der Waals surface area contributed by atoms with Crippen LogP contribution in [0.15, 0.2) is 17.2 Å². The van der Waals surface area contributed by atoms with E-state index in [1.54, 1.807) is 19.5 Å². The third-order valence-corrected chi connectivity index (χ3v) is 3.54. The fourth-order valence-corrected chi connectivity index (χ4v) is 2.27. The Balaban J connectivity index is 1.92. The van der Waals surface area contributed by atoms with E-state index >= 15 is 0 Å². The summed E-state index contributed by atoms with van der Waals surface area (Å²) in [5, 5.41) is 9.31. The van der Waals surface area contributed by atoms with Crippen LogP contribution < -0.4 is 10.9 Å². The molecule has 2 aliphatic heterocycles. The Bertz CT molecular complexity index is 671. The molecule has 112 valence electrons. The summed E-state index contributed by atoms with van der Waals surface area (Å²) in [5.41, 5.74) is 1.04. The molecule has 3 rings (SSSR count). The number of ether oxygens (including phenoxy) is 1.